The van der Waals surface area contributed by atoms with Crippen molar-refractivity contribution >= 4 is 11.9 Å². The third-order valence-corrected chi connectivity index (χ3v) is 1.39. The summed E-state index contributed by atoms with van der Waals surface area (Å²) in [5.74, 6) is -3.57. The van der Waals surface area contributed by atoms with Gasteiger partial charge in [0, 0.05) is 0 Å². The number of carbonyl (C=O) groups is 2. The molecule has 0 aliphatic carbocycles. The minimum absolute atomic E-state index is 0.169. The van der Waals surface area contributed by atoms with E-state index in [0.29, 0.717) is 0 Å². The maximum atomic E-state index is 10.5. The average molecular weight is 170 g/mol. The Hall–Kier alpha value is -1.58. The lowest BCUT2D eigenvalue weighted by Gasteiger charge is -2.06. The summed E-state index contributed by atoms with van der Waals surface area (Å²) in [5.41, 5.74) is -0.169. The van der Waals surface area contributed by atoms with Gasteiger partial charge in [0.25, 0.3) is 0 Å². The number of rotatable bonds is 4. The molecule has 0 aromatic rings. The van der Waals surface area contributed by atoms with Gasteiger partial charge in [-0.05, 0) is 6.92 Å². The Bertz CT molecular complexity index is 239. The van der Waals surface area contributed by atoms with Gasteiger partial charge in [-0.25, -0.2) is 4.79 Å². The molecule has 0 bridgehead atoms. The second-order valence-corrected chi connectivity index (χ2v) is 2.10. The second-order valence-electron chi connectivity index (χ2n) is 2.10. The van der Waals surface area contributed by atoms with Crippen molar-refractivity contribution in [1.29, 1.82) is 0 Å². The normalized spacial score (nSPS) is 13.6. The van der Waals surface area contributed by atoms with Crippen LogP contribution in [0.15, 0.2) is 24.3 Å². The van der Waals surface area contributed by atoms with Crippen LogP contribution in [0.2, 0.25) is 0 Å². The molecule has 0 aliphatic heterocycles. The monoisotopic (exact) mass is 170 g/mol. The van der Waals surface area contributed by atoms with Crippen molar-refractivity contribution < 1.29 is 19.8 Å². The summed E-state index contributed by atoms with van der Waals surface area (Å²) < 4.78 is 0. The number of aliphatic carboxylic acids is 2. The zero-order chi connectivity index (χ0) is 9.72. The molecular weight excluding hydrogens is 160 g/mol. The fourth-order valence-corrected chi connectivity index (χ4v) is 0.797. The van der Waals surface area contributed by atoms with E-state index in [4.69, 9.17) is 10.2 Å². The number of carboxylic acids is 2. The third kappa shape index (κ3) is 2.23. The van der Waals surface area contributed by atoms with Crippen molar-refractivity contribution in [3.63, 3.8) is 0 Å². The molecule has 4 heteroatoms. The van der Waals surface area contributed by atoms with E-state index in [2.05, 4.69) is 6.58 Å². The summed E-state index contributed by atoms with van der Waals surface area (Å²) in [6, 6.07) is 0. The van der Waals surface area contributed by atoms with Crippen molar-refractivity contribution in [2.75, 3.05) is 0 Å². The first kappa shape index (κ1) is 10.4. The van der Waals surface area contributed by atoms with Gasteiger partial charge < -0.3 is 10.2 Å². The molecule has 0 spiro atoms. The molecule has 0 saturated carbocycles. The van der Waals surface area contributed by atoms with Gasteiger partial charge in [0.1, 0.15) is 5.92 Å². The molecule has 0 amide bonds. The van der Waals surface area contributed by atoms with Gasteiger partial charge in [-0.1, -0.05) is 12.2 Å². The first-order chi connectivity index (χ1) is 5.54. The van der Waals surface area contributed by atoms with Crippen LogP contribution in [0, 0.1) is 5.92 Å². The highest BCUT2D eigenvalue weighted by Gasteiger charge is 2.22. The summed E-state index contributed by atoms with van der Waals surface area (Å²) in [6.07, 6.45) is 2.34. The van der Waals surface area contributed by atoms with Crippen LogP contribution in [0.5, 0.6) is 0 Å². The molecular formula is C8H10O4. The largest absolute Gasteiger partial charge is 0.481 e. The van der Waals surface area contributed by atoms with E-state index in [1.807, 2.05) is 0 Å². The Morgan fingerprint density at radius 3 is 2.00 bits per heavy atom. The lowest BCUT2D eigenvalue weighted by molar-refractivity contribution is -0.142. The molecule has 0 radical (unpaired) electrons. The van der Waals surface area contributed by atoms with E-state index in [0.717, 1.165) is 6.08 Å². The van der Waals surface area contributed by atoms with Crippen LogP contribution in [0.1, 0.15) is 6.92 Å². The summed E-state index contributed by atoms with van der Waals surface area (Å²) >= 11 is 0. The fraction of sp³-hybridized carbons (Fsp3) is 0.250. The Morgan fingerprint density at radius 1 is 1.42 bits per heavy atom. The summed E-state index contributed by atoms with van der Waals surface area (Å²) in [5, 5.41) is 17.1. The molecule has 4 nitrogen and oxygen atoms in total. The second kappa shape index (κ2) is 4.33. The lowest BCUT2D eigenvalue weighted by Crippen LogP contribution is -2.18. The highest BCUT2D eigenvalue weighted by molar-refractivity contribution is 5.94. The predicted octanol–water partition coefficient (Wildman–Crippen LogP) is 0.904. The van der Waals surface area contributed by atoms with E-state index >= 15 is 0 Å². The van der Waals surface area contributed by atoms with Crippen LogP contribution in [0.25, 0.3) is 0 Å². The fourth-order valence-electron chi connectivity index (χ4n) is 0.797. The smallest absolute Gasteiger partial charge is 0.332 e. The van der Waals surface area contributed by atoms with E-state index < -0.39 is 17.9 Å². The predicted molar refractivity (Wildman–Crippen MR) is 42.7 cm³/mol. The van der Waals surface area contributed by atoms with Gasteiger partial charge in [-0.3, -0.25) is 4.79 Å². The quantitative estimate of drug-likeness (QED) is 0.485. The van der Waals surface area contributed by atoms with Gasteiger partial charge >= 0.3 is 11.9 Å². The minimum atomic E-state index is -1.23. The molecule has 66 valence electrons. The molecule has 0 heterocycles. The summed E-state index contributed by atoms with van der Waals surface area (Å²) in [4.78, 5) is 20.9. The number of allylic oxidation sites excluding steroid dienone is 1. The number of hydrogen-bond acceptors (Lipinski definition) is 2. The minimum Gasteiger partial charge on any atom is -0.481 e. The van der Waals surface area contributed by atoms with Crippen LogP contribution >= 0.6 is 0 Å². The zero-order valence-corrected chi connectivity index (χ0v) is 6.65. The molecule has 0 saturated heterocycles. The average Bonchev–Trinajstić information content (AvgIpc) is 1.98. The van der Waals surface area contributed by atoms with Crippen molar-refractivity contribution in [1.82, 2.24) is 0 Å². The first-order valence-corrected chi connectivity index (χ1v) is 3.29. The first-order valence-electron chi connectivity index (χ1n) is 3.29. The van der Waals surface area contributed by atoms with Crippen molar-refractivity contribution in [3.8, 4) is 0 Å². The zero-order valence-electron chi connectivity index (χ0n) is 6.65. The van der Waals surface area contributed by atoms with E-state index in [-0.39, 0.29) is 5.57 Å². The molecule has 0 rings (SSSR count). The Morgan fingerprint density at radius 2 is 1.92 bits per heavy atom. The van der Waals surface area contributed by atoms with E-state index in [9.17, 15) is 9.59 Å². The van der Waals surface area contributed by atoms with E-state index in [1.54, 1.807) is 0 Å². The molecule has 0 aliphatic rings. The van der Waals surface area contributed by atoms with Gasteiger partial charge in [0.15, 0.2) is 0 Å². The van der Waals surface area contributed by atoms with Crippen molar-refractivity contribution in [3.05, 3.63) is 24.3 Å². The van der Waals surface area contributed by atoms with Gasteiger partial charge in [0.2, 0.25) is 0 Å². The highest BCUT2D eigenvalue weighted by Crippen LogP contribution is 2.12. The summed E-state index contributed by atoms with van der Waals surface area (Å²) in [7, 11) is 0. The van der Waals surface area contributed by atoms with Crippen LogP contribution in [0.3, 0.4) is 0 Å². The number of carboxylic acid groups (broad SMARTS) is 2. The maximum absolute atomic E-state index is 10.5. The standard InChI is InChI=1S/C8H10O4/c1-3-5(7(9)10)6(4-2)8(11)12/h3-5H,1H2,2H3,(H,9,10)(H,11,12). The molecule has 1 atom stereocenters. The highest BCUT2D eigenvalue weighted by atomic mass is 16.4. The van der Waals surface area contributed by atoms with Crippen molar-refractivity contribution in [2.45, 2.75) is 6.92 Å². The Kier molecular flexibility index (Phi) is 3.76. The van der Waals surface area contributed by atoms with Crippen LogP contribution in [0.4, 0.5) is 0 Å². The van der Waals surface area contributed by atoms with Gasteiger partial charge in [-0.2, -0.15) is 0 Å². The SMILES string of the molecule is C=CC(C(=O)O)C(=CC)C(=O)O. The molecule has 0 aromatic heterocycles. The van der Waals surface area contributed by atoms with Gasteiger partial charge in [-0.15, -0.1) is 6.58 Å². The lowest BCUT2D eigenvalue weighted by atomic mass is 9.99. The Labute approximate surface area is 69.8 Å². The van der Waals surface area contributed by atoms with Crippen LogP contribution in [-0.2, 0) is 9.59 Å². The Balaban J connectivity index is 4.82. The summed E-state index contributed by atoms with van der Waals surface area (Å²) in [6.45, 7) is 4.72. The number of hydrogen-bond donors (Lipinski definition) is 2. The maximum Gasteiger partial charge on any atom is 0.332 e. The topological polar surface area (TPSA) is 74.6 Å². The van der Waals surface area contributed by atoms with Gasteiger partial charge in [0.05, 0.1) is 5.57 Å². The van der Waals surface area contributed by atoms with Crippen molar-refractivity contribution in [2.24, 2.45) is 5.92 Å². The van der Waals surface area contributed by atoms with E-state index in [1.165, 1.54) is 13.0 Å². The molecule has 0 aromatic carbocycles. The van der Waals surface area contributed by atoms with Crippen LogP contribution in [-0.4, -0.2) is 22.2 Å². The molecule has 1 unspecified atom stereocenters. The molecule has 0 fully saturated rings. The molecule has 12 heavy (non-hydrogen) atoms. The molecule has 2 N–H and O–H groups in total. The third-order valence-electron chi connectivity index (χ3n) is 1.39. The van der Waals surface area contributed by atoms with Crippen LogP contribution < -0.4 is 0 Å².